The molecule has 0 bridgehead atoms. The molecule has 110 valence electrons. The molecular formula is C16H17Cl2N3. The fraction of sp³-hybridized carbons (Fsp3) is 0.312. The highest BCUT2D eigenvalue weighted by Crippen LogP contribution is 2.27. The Hall–Kier alpha value is -1.45. The third kappa shape index (κ3) is 3.09. The van der Waals surface area contributed by atoms with Crippen molar-refractivity contribution in [2.75, 3.05) is 36.0 Å². The van der Waals surface area contributed by atoms with Crippen LogP contribution in [0.1, 0.15) is 5.56 Å². The molecule has 0 unspecified atom stereocenters. The van der Waals surface area contributed by atoms with Crippen molar-refractivity contribution in [3.63, 3.8) is 0 Å². The summed E-state index contributed by atoms with van der Waals surface area (Å²) in [5.41, 5.74) is 2.20. The molecule has 0 radical (unpaired) electrons. The molecule has 3 rings (SSSR count). The zero-order valence-corrected chi connectivity index (χ0v) is 13.2. The lowest BCUT2D eigenvalue weighted by molar-refractivity contribution is 0.646. The van der Waals surface area contributed by atoms with Crippen LogP contribution in [-0.4, -0.2) is 31.2 Å². The predicted molar refractivity (Wildman–Crippen MR) is 89.7 cm³/mol. The summed E-state index contributed by atoms with van der Waals surface area (Å²) in [5.74, 6) is 1.50. The van der Waals surface area contributed by atoms with Gasteiger partial charge in [0, 0.05) is 37.9 Å². The summed E-state index contributed by atoms with van der Waals surface area (Å²) in [6.07, 6.45) is 1.83. The van der Waals surface area contributed by atoms with E-state index in [9.17, 15) is 0 Å². The molecule has 1 fully saturated rings. The Balaban J connectivity index is 1.72. The van der Waals surface area contributed by atoms with Crippen molar-refractivity contribution < 1.29 is 0 Å². The number of rotatable bonds is 3. The van der Waals surface area contributed by atoms with Crippen LogP contribution in [0.3, 0.4) is 0 Å². The SMILES string of the molecule is ClCc1cccnc1N1CCN(c2ccccc2Cl)CC1. The Morgan fingerprint density at radius 1 is 0.952 bits per heavy atom. The summed E-state index contributed by atoms with van der Waals surface area (Å²) < 4.78 is 0. The minimum Gasteiger partial charge on any atom is -0.367 e. The van der Waals surface area contributed by atoms with Crippen molar-refractivity contribution in [2.45, 2.75) is 5.88 Å². The zero-order valence-electron chi connectivity index (χ0n) is 11.7. The zero-order chi connectivity index (χ0) is 14.7. The number of hydrogen-bond donors (Lipinski definition) is 0. The lowest BCUT2D eigenvalue weighted by Crippen LogP contribution is -2.47. The van der Waals surface area contributed by atoms with Crippen molar-refractivity contribution in [3.05, 3.63) is 53.2 Å². The van der Waals surface area contributed by atoms with Crippen LogP contribution in [0.25, 0.3) is 0 Å². The molecule has 0 saturated carbocycles. The second-order valence-electron chi connectivity index (χ2n) is 5.05. The molecule has 0 spiro atoms. The minimum absolute atomic E-state index is 0.494. The summed E-state index contributed by atoms with van der Waals surface area (Å²) in [6.45, 7) is 3.71. The summed E-state index contributed by atoms with van der Waals surface area (Å²) in [7, 11) is 0. The van der Waals surface area contributed by atoms with E-state index in [0.717, 1.165) is 48.3 Å². The maximum atomic E-state index is 6.27. The van der Waals surface area contributed by atoms with E-state index >= 15 is 0 Å². The van der Waals surface area contributed by atoms with Gasteiger partial charge in [-0.1, -0.05) is 29.8 Å². The highest BCUT2D eigenvalue weighted by Gasteiger charge is 2.21. The van der Waals surface area contributed by atoms with Gasteiger partial charge in [0.25, 0.3) is 0 Å². The summed E-state index contributed by atoms with van der Waals surface area (Å²) in [4.78, 5) is 9.10. The molecule has 1 aliphatic rings. The summed E-state index contributed by atoms with van der Waals surface area (Å²) in [5, 5.41) is 0.810. The maximum Gasteiger partial charge on any atom is 0.133 e. The highest BCUT2D eigenvalue weighted by molar-refractivity contribution is 6.33. The topological polar surface area (TPSA) is 19.4 Å². The van der Waals surface area contributed by atoms with E-state index in [1.807, 2.05) is 36.5 Å². The molecule has 21 heavy (non-hydrogen) atoms. The number of nitrogens with zero attached hydrogens (tertiary/aromatic N) is 3. The van der Waals surface area contributed by atoms with Crippen LogP contribution < -0.4 is 9.80 Å². The van der Waals surface area contributed by atoms with Gasteiger partial charge in [0.05, 0.1) is 16.6 Å². The van der Waals surface area contributed by atoms with Crippen molar-refractivity contribution >= 4 is 34.7 Å². The number of pyridine rings is 1. The van der Waals surface area contributed by atoms with E-state index in [-0.39, 0.29) is 0 Å². The van der Waals surface area contributed by atoms with Crippen LogP contribution in [0.4, 0.5) is 11.5 Å². The highest BCUT2D eigenvalue weighted by atomic mass is 35.5. The van der Waals surface area contributed by atoms with Crippen molar-refractivity contribution in [1.29, 1.82) is 0 Å². The number of anilines is 2. The Morgan fingerprint density at radius 3 is 2.38 bits per heavy atom. The summed E-state index contributed by atoms with van der Waals surface area (Å²) >= 11 is 12.3. The van der Waals surface area contributed by atoms with Gasteiger partial charge in [-0.05, 0) is 18.2 Å². The van der Waals surface area contributed by atoms with Crippen LogP contribution >= 0.6 is 23.2 Å². The van der Waals surface area contributed by atoms with E-state index in [1.54, 1.807) is 0 Å². The first-order valence-corrected chi connectivity index (χ1v) is 7.95. The fourth-order valence-electron chi connectivity index (χ4n) is 2.69. The standard InChI is InChI=1S/C16H17Cl2N3/c17-12-13-4-3-7-19-16(13)21-10-8-20(9-11-21)15-6-2-1-5-14(15)18/h1-7H,8-12H2. The molecule has 1 aliphatic heterocycles. The van der Waals surface area contributed by atoms with Gasteiger partial charge in [0.2, 0.25) is 0 Å². The first kappa shape index (κ1) is 14.5. The molecule has 3 nitrogen and oxygen atoms in total. The maximum absolute atomic E-state index is 6.27. The number of benzene rings is 1. The third-order valence-corrected chi connectivity index (χ3v) is 4.39. The Bertz CT molecular complexity index is 610. The monoisotopic (exact) mass is 321 g/mol. The molecular weight excluding hydrogens is 305 g/mol. The van der Waals surface area contributed by atoms with Gasteiger partial charge in [-0.25, -0.2) is 4.98 Å². The molecule has 1 saturated heterocycles. The number of para-hydroxylation sites is 1. The predicted octanol–water partition coefficient (Wildman–Crippen LogP) is 3.80. The van der Waals surface area contributed by atoms with Gasteiger partial charge in [0.15, 0.2) is 0 Å². The molecule has 2 heterocycles. The molecule has 0 amide bonds. The van der Waals surface area contributed by atoms with Crippen LogP contribution in [-0.2, 0) is 5.88 Å². The number of halogens is 2. The van der Waals surface area contributed by atoms with Gasteiger partial charge >= 0.3 is 0 Å². The quantitative estimate of drug-likeness (QED) is 0.801. The fourth-order valence-corrected chi connectivity index (χ4v) is 3.15. The Kier molecular flexibility index (Phi) is 4.51. The average Bonchev–Trinajstić information content (AvgIpc) is 2.55. The largest absolute Gasteiger partial charge is 0.367 e. The Labute approximate surface area is 135 Å². The lowest BCUT2D eigenvalue weighted by Gasteiger charge is -2.37. The normalized spacial score (nSPS) is 15.3. The molecule has 2 aromatic rings. The van der Waals surface area contributed by atoms with Crippen LogP contribution in [0, 0.1) is 0 Å². The Morgan fingerprint density at radius 2 is 1.67 bits per heavy atom. The van der Waals surface area contributed by atoms with Crippen molar-refractivity contribution in [2.24, 2.45) is 0 Å². The second kappa shape index (κ2) is 6.54. The van der Waals surface area contributed by atoms with E-state index in [0.29, 0.717) is 5.88 Å². The van der Waals surface area contributed by atoms with Gasteiger partial charge in [-0.15, -0.1) is 11.6 Å². The first-order chi connectivity index (χ1) is 10.3. The molecule has 5 heteroatoms. The number of aromatic nitrogens is 1. The number of alkyl halides is 1. The van der Waals surface area contributed by atoms with Gasteiger partial charge in [0.1, 0.15) is 5.82 Å². The molecule has 0 aliphatic carbocycles. The number of hydrogen-bond acceptors (Lipinski definition) is 3. The van der Waals surface area contributed by atoms with E-state index in [4.69, 9.17) is 23.2 Å². The van der Waals surface area contributed by atoms with Gasteiger partial charge in [-0.2, -0.15) is 0 Å². The smallest absolute Gasteiger partial charge is 0.133 e. The van der Waals surface area contributed by atoms with Crippen LogP contribution in [0.15, 0.2) is 42.6 Å². The van der Waals surface area contributed by atoms with E-state index in [2.05, 4.69) is 20.9 Å². The van der Waals surface area contributed by atoms with E-state index < -0.39 is 0 Å². The second-order valence-corrected chi connectivity index (χ2v) is 5.72. The van der Waals surface area contributed by atoms with Crippen molar-refractivity contribution in [1.82, 2.24) is 4.98 Å². The van der Waals surface area contributed by atoms with Gasteiger partial charge < -0.3 is 9.80 Å². The van der Waals surface area contributed by atoms with E-state index in [1.165, 1.54) is 0 Å². The first-order valence-electron chi connectivity index (χ1n) is 7.04. The van der Waals surface area contributed by atoms with Crippen LogP contribution in [0.5, 0.6) is 0 Å². The van der Waals surface area contributed by atoms with Crippen molar-refractivity contribution in [3.8, 4) is 0 Å². The molecule has 1 aromatic carbocycles. The molecule has 1 aromatic heterocycles. The lowest BCUT2D eigenvalue weighted by atomic mass is 10.2. The third-order valence-electron chi connectivity index (χ3n) is 3.78. The average molecular weight is 322 g/mol. The number of piperazine rings is 1. The molecule has 0 N–H and O–H groups in total. The molecule has 0 atom stereocenters. The van der Waals surface area contributed by atoms with Gasteiger partial charge in [-0.3, -0.25) is 0 Å². The summed E-state index contributed by atoms with van der Waals surface area (Å²) in [6, 6.07) is 12.0. The van der Waals surface area contributed by atoms with Crippen LogP contribution in [0.2, 0.25) is 5.02 Å². The minimum atomic E-state index is 0.494.